The van der Waals surface area contributed by atoms with Crippen LogP contribution in [0.2, 0.25) is 0 Å². The van der Waals surface area contributed by atoms with Gasteiger partial charge in [0.25, 0.3) is 5.91 Å². The SMILES string of the molecule is COc1ccc2cc(CN(CCCN3CCCC3=O)C(=O)c3csc(C)n3)c(N3CCOCC3)nc2c1. The summed E-state index contributed by atoms with van der Waals surface area (Å²) in [7, 11) is 1.65. The number of rotatable bonds is 9. The van der Waals surface area contributed by atoms with E-state index in [0.29, 0.717) is 51.4 Å². The van der Waals surface area contributed by atoms with Gasteiger partial charge in [0.15, 0.2) is 0 Å². The summed E-state index contributed by atoms with van der Waals surface area (Å²) >= 11 is 1.47. The zero-order valence-corrected chi connectivity index (χ0v) is 22.3. The van der Waals surface area contributed by atoms with Crippen LogP contribution in [-0.4, -0.2) is 84.6 Å². The molecule has 37 heavy (non-hydrogen) atoms. The monoisotopic (exact) mass is 523 g/mol. The number of hydrogen-bond acceptors (Lipinski definition) is 8. The summed E-state index contributed by atoms with van der Waals surface area (Å²) in [4.78, 5) is 41.2. The Balaban J connectivity index is 1.45. The quantitative estimate of drug-likeness (QED) is 0.424. The molecule has 2 aliphatic rings. The summed E-state index contributed by atoms with van der Waals surface area (Å²) in [6.07, 6.45) is 2.25. The summed E-state index contributed by atoms with van der Waals surface area (Å²) in [5.41, 5.74) is 2.30. The number of pyridine rings is 1. The number of aryl methyl sites for hydroxylation is 1. The fourth-order valence-electron chi connectivity index (χ4n) is 4.95. The van der Waals surface area contributed by atoms with E-state index in [4.69, 9.17) is 14.5 Å². The largest absolute Gasteiger partial charge is 0.497 e. The van der Waals surface area contributed by atoms with Crippen molar-refractivity contribution >= 4 is 39.9 Å². The van der Waals surface area contributed by atoms with Crippen LogP contribution in [-0.2, 0) is 16.1 Å². The number of carbonyl (C=O) groups excluding carboxylic acids is 2. The molecule has 2 aliphatic heterocycles. The first-order valence-electron chi connectivity index (χ1n) is 12.8. The van der Waals surface area contributed by atoms with Crippen molar-refractivity contribution in [3.8, 4) is 5.75 Å². The minimum absolute atomic E-state index is 0.0974. The second-order valence-electron chi connectivity index (χ2n) is 9.45. The standard InChI is InChI=1S/C27H33N5O4S/c1-19-28-24(18-37-19)27(34)32(10-4-9-30-8-3-5-25(30)33)17-21-15-20-6-7-22(35-2)16-23(20)29-26(21)31-11-13-36-14-12-31/h6-7,15-16,18H,3-5,8-14,17H2,1-2H3. The van der Waals surface area contributed by atoms with Gasteiger partial charge in [-0.15, -0.1) is 11.3 Å². The van der Waals surface area contributed by atoms with Crippen molar-refractivity contribution in [3.05, 3.63) is 45.9 Å². The van der Waals surface area contributed by atoms with Crippen LogP contribution >= 0.6 is 11.3 Å². The number of thiazole rings is 1. The molecule has 1 aromatic carbocycles. The second-order valence-corrected chi connectivity index (χ2v) is 10.5. The molecule has 0 radical (unpaired) electrons. The van der Waals surface area contributed by atoms with E-state index in [-0.39, 0.29) is 11.8 Å². The topological polar surface area (TPSA) is 88.1 Å². The van der Waals surface area contributed by atoms with E-state index in [9.17, 15) is 9.59 Å². The minimum atomic E-state index is -0.0974. The van der Waals surface area contributed by atoms with E-state index in [1.807, 2.05) is 40.3 Å². The van der Waals surface area contributed by atoms with Crippen LogP contribution in [0.5, 0.6) is 5.75 Å². The van der Waals surface area contributed by atoms with Crippen LogP contribution in [0.25, 0.3) is 10.9 Å². The van der Waals surface area contributed by atoms with Gasteiger partial charge < -0.3 is 24.2 Å². The van der Waals surface area contributed by atoms with E-state index < -0.39 is 0 Å². The first-order chi connectivity index (χ1) is 18.0. The van der Waals surface area contributed by atoms with Crippen LogP contribution in [0.15, 0.2) is 29.6 Å². The number of aromatic nitrogens is 2. The normalized spacial score (nSPS) is 16.0. The molecule has 2 aromatic heterocycles. The number of nitrogens with zero attached hydrogens (tertiary/aromatic N) is 5. The lowest BCUT2D eigenvalue weighted by atomic mass is 10.1. The first kappa shape index (κ1) is 25.4. The fraction of sp³-hybridized carbons (Fsp3) is 0.481. The molecule has 5 rings (SSSR count). The van der Waals surface area contributed by atoms with Crippen LogP contribution in [0.4, 0.5) is 5.82 Å². The number of anilines is 1. The van der Waals surface area contributed by atoms with Gasteiger partial charge in [-0.05, 0) is 38.0 Å². The Morgan fingerprint density at radius 1 is 1.19 bits per heavy atom. The molecule has 4 heterocycles. The van der Waals surface area contributed by atoms with Crippen molar-refractivity contribution in [3.63, 3.8) is 0 Å². The van der Waals surface area contributed by atoms with Crippen molar-refractivity contribution in [2.45, 2.75) is 32.7 Å². The summed E-state index contributed by atoms with van der Waals surface area (Å²) in [6, 6.07) is 8.00. The molecule has 2 fully saturated rings. The number of methoxy groups -OCH3 is 1. The highest BCUT2D eigenvalue weighted by molar-refractivity contribution is 7.09. The molecule has 0 aliphatic carbocycles. The molecule has 0 atom stereocenters. The van der Waals surface area contributed by atoms with E-state index in [0.717, 1.165) is 59.1 Å². The third kappa shape index (κ3) is 5.86. The molecule has 10 heteroatoms. The van der Waals surface area contributed by atoms with Crippen molar-refractivity contribution in [1.29, 1.82) is 0 Å². The Morgan fingerprint density at radius 2 is 2.03 bits per heavy atom. The minimum Gasteiger partial charge on any atom is -0.497 e. The zero-order chi connectivity index (χ0) is 25.8. The highest BCUT2D eigenvalue weighted by Crippen LogP contribution is 2.29. The van der Waals surface area contributed by atoms with Crippen LogP contribution in [0, 0.1) is 6.92 Å². The number of fused-ring (bicyclic) bond motifs is 1. The number of benzene rings is 1. The van der Waals surface area contributed by atoms with E-state index in [1.165, 1.54) is 11.3 Å². The lowest BCUT2D eigenvalue weighted by Gasteiger charge is -2.31. The van der Waals surface area contributed by atoms with Crippen molar-refractivity contribution in [2.24, 2.45) is 0 Å². The van der Waals surface area contributed by atoms with Gasteiger partial charge in [-0.3, -0.25) is 9.59 Å². The number of morpholine rings is 1. The third-order valence-electron chi connectivity index (χ3n) is 6.91. The Bertz CT molecular complexity index is 1270. The van der Waals surface area contributed by atoms with Crippen LogP contribution in [0.3, 0.4) is 0 Å². The van der Waals surface area contributed by atoms with Crippen LogP contribution in [0.1, 0.15) is 40.3 Å². The molecule has 2 amide bonds. The van der Waals surface area contributed by atoms with Gasteiger partial charge in [0, 0.05) is 68.1 Å². The van der Waals surface area contributed by atoms with Crippen LogP contribution < -0.4 is 9.64 Å². The molecule has 2 saturated heterocycles. The van der Waals surface area contributed by atoms with E-state index >= 15 is 0 Å². The van der Waals surface area contributed by atoms with Gasteiger partial charge in [0.1, 0.15) is 17.3 Å². The van der Waals surface area contributed by atoms with Crippen molar-refractivity contribution in [2.75, 3.05) is 57.9 Å². The van der Waals surface area contributed by atoms with E-state index in [2.05, 4.69) is 16.0 Å². The van der Waals surface area contributed by atoms with Gasteiger partial charge in [-0.2, -0.15) is 0 Å². The fourth-order valence-corrected chi connectivity index (χ4v) is 5.53. The number of carbonyl (C=O) groups is 2. The number of ether oxygens (including phenoxy) is 2. The molecule has 0 N–H and O–H groups in total. The molecular formula is C27H33N5O4S. The van der Waals surface area contributed by atoms with E-state index in [1.54, 1.807) is 7.11 Å². The molecule has 0 spiro atoms. The predicted molar refractivity (Wildman–Crippen MR) is 143 cm³/mol. The van der Waals surface area contributed by atoms with Gasteiger partial charge in [-0.1, -0.05) is 0 Å². The Labute approximate surface area is 221 Å². The Morgan fingerprint density at radius 3 is 2.73 bits per heavy atom. The third-order valence-corrected chi connectivity index (χ3v) is 7.68. The number of likely N-dealkylation sites (tertiary alicyclic amines) is 1. The number of amides is 2. The summed E-state index contributed by atoms with van der Waals surface area (Å²) in [5.74, 6) is 1.73. The van der Waals surface area contributed by atoms with Gasteiger partial charge in [-0.25, -0.2) is 9.97 Å². The molecule has 0 bridgehead atoms. The Hall–Kier alpha value is -3.24. The van der Waals surface area contributed by atoms with Gasteiger partial charge in [0.2, 0.25) is 5.91 Å². The maximum Gasteiger partial charge on any atom is 0.273 e. The van der Waals surface area contributed by atoms with Crippen molar-refractivity contribution in [1.82, 2.24) is 19.8 Å². The summed E-state index contributed by atoms with van der Waals surface area (Å²) in [6.45, 7) is 7.07. The maximum atomic E-state index is 13.6. The predicted octanol–water partition coefficient (Wildman–Crippen LogP) is 3.50. The highest BCUT2D eigenvalue weighted by Gasteiger charge is 2.25. The maximum absolute atomic E-state index is 13.6. The molecule has 3 aromatic rings. The summed E-state index contributed by atoms with van der Waals surface area (Å²) < 4.78 is 11.0. The first-order valence-corrected chi connectivity index (χ1v) is 13.7. The summed E-state index contributed by atoms with van der Waals surface area (Å²) in [5, 5.41) is 3.68. The molecule has 9 nitrogen and oxygen atoms in total. The average molecular weight is 524 g/mol. The molecule has 0 unspecified atom stereocenters. The molecule has 0 saturated carbocycles. The molecule has 196 valence electrons. The van der Waals surface area contributed by atoms with Crippen molar-refractivity contribution < 1.29 is 19.1 Å². The lowest BCUT2D eigenvalue weighted by molar-refractivity contribution is -0.127. The van der Waals surface area contributed by atoms with Gasteiger partial charge in [0.05, 0.1) is 30.8 Å². The van der Waals surface area contributed by atoms with Gasteiger partial charge >= 0.3 is 0 Å². The lowest BCUT2D eigenvalue weighted by Crippen LogP contribution is -2.39. The second kappa shape index (κ2) is 11.4. The Kier molecular flexibility index (Phi) is 7.85. The molecular weight excluding hydrogens is 490 g/mol. The number of hydrogen-bond donors (Lipinski definition) is 0. The smallest absolute Gasteiger partial charge is 0.273 e. The highest BCUT2D eigenvalue weighted by atomic mass is 32.1. The zero-order valence-electron chi connectivity index (χ0n) is 21.4. The average Bonchev–Trinajstić information content (AvgIpc) is 3.55.